The Bertz CT molecular complexity index is 349. The molecule has 1 aliphatic heterocycles. The van der Waals surface area contributed by atoms with Crippen LogP contribution in [0.3, 0.4) is 0 Å². The summed E-state index contributed by atoms with van der Waals surface area (Å²) in [6, 6.07) is 2.78. The van der Waals surface area contributed by atoms with E-state index in [-0.39, 0.29) is 0 Å². The second-order valence-electron chi connectivity index (χ2n) is 4.97. The predicted octanol–water partition coefficient (Wildman–Crippen LogP) is 4.37. The maximum atomic E-state index is 5.45. The van der Waals surface area contributed by atoms with Crippen molar-refractivity contribution in [3.63, 3.8) is 0 Å². The molecule has 1 atom stereocenters. The van der Waals surface area contributed by atoms with Crippen LogP contribution in [0.15, 0.2) is 15.9 Å². The molecule has 2 nitrogen and oxygen atoms in total. The predicted molar refractivity (Wildman–Crippen MR) is 81.2 cm³/mol. The van der Waals surface area contributed by atoms with Crippen LogP contribution in [0.25, 0.3) is 0 Å². The van der Waals surface area contributed by atoms with Gasteiger partial charge in [0.25, 0.3) is 0 Å². The van der Waals surface area contributed by atoms with Crippen LogP contribution in [0, 0.1) is 5.92 Å². The Morgan fingerprint density at radius 2 is 2.28 bits per heavy atom. The van der Waals surface area contributed by atoms with E-state index in [1.807, 2.05) is 11.3 Å². The number of nitrogens with one attached hydrogen (secondary N) is 1. The molecular formula is C14H22BrNOS. The van der Waals surface area contributed by atoms with Gasteiger partial charge in [-0.25, -0.2) is 0 Å². The molecule has 18 heavy (non-hydrogen) atoms. The van der Waals surface area contributed by atoms with Gasteiger partial charge >= 0.3 is 0 Å². The van der Waals surface area contributed by atoms with E-state index in [9.17, 15) is 0 Å². The van der Waals surface area contributed by atoms with Crippen molar-refractivity contribution in [1.29, 1.82) is 0 Å². The second kappa shape index (κ2) is 7.63. The zero-order valence-corrected chi connectivity index (χ0v) is 13.4. The number of thiophene rings is 1. The topological polar surface area (TPSA) is 21.3 Å². The Hall–Kier alpha value is 0.1000. The lowest BCUT2D eigenvalue weighted by Crippen LogP contribution is -2.26. The van der Waals surface area contributed by atoms with Crippen molar-refractivity contribution in [2.45, 2.75) is 38.6 Å². The van der Waals surface area contributed by atoms with Crippen molar-refractivity contribution >= 4 is 27.3 Å². The lowest BCUT2D eigenvalue weighted by Gasteiger charge is -2.26. The zero-order chi connectivity index (χ0) is 12.8. The van der Waals surface area contributed by atoms with Crippen LogP contribution in [0.4, 0.5) is 0 Å². The van der Waals surface area contributed by atoms with Gasteiger partial charge in [0.05, 0.1) is 0 Å². The van der Waals surface area contributed by atoms with Gasteiger partial charge in [-0.1, -0.05) is 6.92 Å². The highest BCUT2D eigenvalue weighted by atomic mass is 79.9. The third-order valence-electron chi connectivity index (χ3n) is 3.48. The SMILES string of the molecule is CCCNC(CC1CCOCC1)c1cc(Br)cs1. The van der Waals surface area contributed by atoms with Gasteiger partial charge in [-0.2, -0.15) is 0 Å². The molecular weight excluding hydrogens is 310 g/mol. The fourth-order valence-corrected chi connectivity index (χ4v) is 3.98. The van der Waals surface area contributed by atoms with Gasteiger partial charge in [0, 0.05) is 34.0 Å². The minimum absolute atomic E-state index is 0.518. The lowest BCUT2D eigenvalue weighted by atomic mass is 9.92. The quantitative estimate of drug-likeness (QED) is 0.835. The van der Waals surface area contributed by atoms with E-state index in [4.69, 9.17) is 4.74 Å². The van der Waals surface area contributed by atoms with Gasteiger partial charge in [-0.3, -0.25) is 0 Å². The van der Waals surface area contributed by atoms with E-state index in [1.54, 1.807) is 0 Å². The molecule has 0 bridgehead atoms. The zero-order valence-electron chi connectivity index (χ0n) is 11.0. The van der Waals surface area contributed by atoms with Crippen molar-refractivity contribution in [3.05, 3.63) is 20.8 Å². The van der Waals surface area contributed by atoms with Crippen LogP contribution < -0.4 is 5.32 Å². The highest BCUT2D eigenvalue weighted by Crippen LogP contribution is 2.32. The van der Waals surface area contributed by atoms with Gasteiger partial charge in [0.1, 0.15) is 0 Å². The third-order valence-corrected chi connectivity index (χ3v) is 5.29. The van der Waals surface area contributed by atoms with E-state index in [0.29, 0.717) is 6.04 Å². The van der Waals surface area contributed by atoms with Gasteiger partial charge < -0.3 is 10.1 Å². The van der Waals surface area contributed by atoms with Crippen molar-refractivity contribution in [2.75, 3.05) is 19.8 Å². The third kappa shape index (κ3) is 4.34. The molecule has 2 heterocycles. The first kappa shape index (κ1) is 14.5. The van der Waals surface area contributed by atoms with Crippen LogP contribution >= 0.6 is 27.3 Å². The molecule has 4 heteroatoms. The Kier molecular flexibility index (Phi) is 6.15. The number of halogens is 1. The first-order valence-corrected chi connectivity index (χ1v) is 8.52. The van der Waals surface area contributed by atoms with E-state index in [1.165, 1.54) is 35.0 Å². The normalized spacial score (nSPS) is 19.0. The Morgan fingerprint density at radius 3 is 2.89 bits per heavy atom. The molecule has 0 radical (unpaired) electrons. The molecule has 1 aliphatic rings. The van der Waals surface area contributed by atoms with E-state index in [2.05, 4.69) is 39.6 Å². The molecule has 1 aromatic heterocycles. The summed E-state index contributed by atoms with van der Waals surface area (Å²) in [5.74, 6) is 0.814. The van der Waals surface area contributed by atoms with Crippen LogP contribution in [-0.4, -0.2) is 19.8 Å². The molecule has 0 aromatic carbocycles. The molecule has 2 rings (SSSR count). The smallest absolute Gasteiger partial charge is 0.0468 e. The van der Waals surface area contributed by atoms with Gasteiger partial charge in [-0.05, 0) is 60.1 Å². The maximum absolute atomic E-state index is 5.45. The summed E-state index contributed by atoms with van der Waals surface area (Å²) in [5, 5.41) is 5.88. The monoisotopic (exact) mass is 331 g/mol. The van der Waals surface area contributed by atoms with Crippen LogP contribution in [0.1, 0.15) is 43.5 Å². The minimum atomic E-state index is 0.518. The van der Waals surface area contributed by atoms with Gasteiger partial charge in [0.2, 0.25) is 0 Å². The van der Waals surface area contributed by atoms with E-state index in [0.717, 1.165) is 25.7 Å². The fraction of sp³-hybridized carbons (Fsp3) is 0.714. The molecule has 0 saturated carbocycles. The first-order chi connectivity index (χ1) is 8.79. The summed E-state index contributed by atoms with van der Waals surface area (Å²) >= 11 is 5.41. The molecule has 0 amide bonds. The summed E-state index contributed by atoms with van der Waals surface area (Å²) in [4.78, 5) is 1.46. The number of hydrogen-bond donors (Lipinski definition) is 1. The lowest BCUT2D eigenvalue weighted by molar-refractivity contribution is 0.0606. The van der Waals surface area contributed by atoms with Crippen molar-refractivity contribution < 1.29 is 4.74 Å². The summed E-state index contributed by atoms with van der Waals surface area (Å²) in [6.07, 6.45) is 4.88. The van der Waals surface area contributed by atoms with E-state index < -0.39 is 0 Å². The Balaban J connectivity index is 1.95. The highest BCUT2D eigenvalue weighted by Gasteiger charge is 2.21. The Morgan fingerprint density at radius 1 is 1.50 bits per heavy atom. The summed E-state index contributed by atoms with van der Waals surface area (Å²) < 4.78 is 6.65. The summed E-state index contributed by atoms with van der Waals surface area (Å²) in [6.45, 7) is 5.21. The van der Waals surface area contributed by atoms with Crippen molar-refractivity contribution in [3.8, 4) is 0 Å². The molecule has 1 fully saturated rings. The van der Waals surface area contributed by atoms with Gasteiger partial charge in [-0.15, -0.1) is 11.3 Å². The fourth-order valence-electron chi connectivity index (χ4n) is 2.45. The van der Waals surface area contributed by atoms with Crippen molar-refractivity contribution in [2.24, 2.45) is 5.92 Å². The first-order valence-electron chi connectivity index (χ1n) is 6.84. The molecule has 1 unspecified atom stereocenters. The summed E-state index contributed by atoms with van der Waals surface area (Å²) in [5.41, 5.74) is 0. The molecule has 1 saturated heterocycles. The van der Waals surface area contributed by atoms with E-state index >= 15 is 0 Å². The van der Waals surface area contributed by atoms with Crippen LogP contribution in [0.5, 0.6) is 0 Å². The minimum Gasteiger partial charge on any atom is -0.381 e. The molecule has 0 aliphatic carbocycles. The summed E-state index contributed by atoms with van der Waals surface area (Å²) in [7, 11) is 0. The standard InChI is InChI=1S/C14H22BrNOS/c1-2-5-16-13(14-9-12(15)10-18-14)8-11-3-6-17-7-4-11/h9-11,13,16H,2-8H2,1H3. The number of ether oxygens (including phenoxy) is 1. The maximum Gasteiger partial charge on any atom is 0.0468 e. The molecule has 1 aromatic rings. The van der Waals surface area contributed by atoms with Crippen LogP contribution in [0.2, 0.25) is 0 Å². The average Bonchev–Trinajstić information content (AvgIpc) is 2.82. The number of rotatable bonds is 6. The number of hydrogen-bond acceptors (Lipinski definition) is 3. The molecule has 1 N–H and O–H groups in total. The second-order valence-corrected chi connectivity index (χ2v) is 6.82. The highest BCUT2D eigenvalue weighted by molar-refractivity contribution is 9.10. The molecule has 102 valence electrons. The van der Waals surface area contributed by atoms with Crippen molar-refractivity contribution in [1.82, 2.24) is 5.32 Å². The van der Waals surface area contributed by atoms with Crippen LogP contribution in [-0.2, 0) is 4.74 Å². The average molecular weight is 332 g/mol. The largest absolute Gasteiger partial charge is 0.381 e. The molecule has 0 spiro atoms. The Labute approximate surface area is 122 Å². The van der Waals surface area contributed by atoms with Gasteiger partial charge in [0.15, 0.2) is 0 Å².